The summed E-state index contributed by atoms with van der Waals surface area (Å²) in [7, 11) is 2.92. The molecule has 0 radical (unpaired) electrons. The van der Waals surface area contributed by atoms with Crippen LogP contribution in [0.15, 0.2) is 17.6 Å². The molecule has 0 fully saturated rings. The summed E-state index contributed by atoms with van der Waals surface area (Å²) in [5.74, 6) is 0.269. The number of aromatic nitrogens is 2. The predicted molar refractivity (Wildman–Crippen MR) is 75.6 cm³/mol. The van der Waals surface area contributed by atoms with Crippen molar-refractivity contribution in [2.75, 3.05) is 14.2 Å². The molecule has 94 valence electrons. The number of methoxy groups -OCH3 is 2. The van der Waals surface area contributed by atoms with Gasteiger partial charge in [-0.3, -0.25) is 4.79 Å². The minimum Gasteiger partial charge on any atom is -0.480 e. The first kappa shape index (κ1) is 13.2. The zero-order valence-electron chi connectivity index (χ0n) is 9.64. The highest BCUT2D eigenvalue weighted by molar-refractivity contribution is 14.1. The van der Waals surface area contributed by atoms with Crippen LogP contribution in [-0.2, 0) is 0 Å². The standard InChI is InChI=1S/C11H9IN2O3S/c1-16-8-4-13-9(11(14-8)17-2)10(15)6-3-7(12)18-5-6/h3-5H,1-2H3. The monoisotopic (exact) mass is 376 g/mol. The maximum atomic E-state index is 12.2. The van der Waals surface area contributed by atoms with E-state index in [1.165, 1.54) is 31.8 Å². The molecule has 0 bridgehead atoms. The first-order chi connectivity index (χ1) is 8.65. The van der Waals surface area contributed by atoms with E-state index in [4.69, 9.17) is 9.47 Å². The van der Waals surface area contributed by atoms with Crippen LogP contribution in [0.3, 0.4) is 0 Å². The van der Waals surface area contributed by atoms with Crippen molar-refractivity contribution in [1.82, 2.24) is 9.97 Å². The van der Waals surface area contributed by atoms with Crippen molar-refractivity contribution in [3.8, 4) is 11.8 Å². The van der Waals surface area contributed by atoms with Gasteiger partial charge in [-0.2, -0.15) is 4.98 Å². The van der Waals surface area contributed by atoms with E-state index in [1.807, 2.05) is 0 Å². The lowest BCUT2D eigenvalue weighted by atomic mass is 10.1. The second-order valence-corrected chi connectivity index (χ2v) is 6.04. The minimum atomic E-state index is -0.207. The van der Waals surface area contributed by atoms with Crippen LogP contribution in [0.25, 0.3) is 0 Å². The number of carbonyl (C=O) groups is 1. The van der Waals surface area contributed by atoms with Gasteiger partial charge >= 0.3 is 0 Å². The van der Waals surface area contributed by atoms with E-state index in [1.54, 1.807) is 11.4 Å². The first-order valence-electron chi connectivity index (χ1n) is 4.89. The Labute approximate surface area is 121 Å². The summed E-state index contributed by atoms with van der Waals surface area (Å²) >= 11 is 3.66. The van der Waals surface area contributed by atoms with E-state index in [0.29, 0.717) is 11.4 Å². The smallest absolute Gasteiger partial charge is 0.247 e. The lowest BCUT2D eigenvalue weighted by Crippen LogP contribution is -2.08. The Hall–Kier alpha value is -1.22. The Kier molecular flexibility index (Phi) is 4.12. The van der Waals surface area contributed by atoms with E-state index in [-0.39, 0.29) is 17.4 Å². The van der Waals surface area contributed by atoms with Gasteiger partial charge in [0.15, 0.2) is 5.69 Å². The Morgan fingerprint density at radius 3 is 2.72 bits per heavy atom. The predicted octanol–water partition coefficient (Wildman–Crippen LogP) is 2.39. The van der Waals surface area contributed by atoms with E-state index in [0.717, 1.165) is 2.88 Å². The molecule has 2 aromatic rings. The van der Waals surface area contributed by atoms with Crippen molar-refractivity contribution < 1.29 is 14.3 Å². The number of ether oxygens (including phenoxy) is 2. The SMILES string of the molecule is COc1cnc(C(=O)c2csc(I)c2)c(OC)n1. The van der Waals surface area contributed by atoms with E-state index >= 15 is 0 Å². The number of thiophene rings is 1. The number of carbonyl (C=O) groups excluding carboxylic acids is 1. The Morgan fingerprint density at radius 1 is 1.39 bits per heavy atom. The topological polar surface area (TPSA) is 61.3 Å². The van der Waals surface area contributed by atoms with E-state index in [9.17, 15) is 4.79 Å². The van der Waals surface area contributed by atoms with Crippen molar-refractivity contribution in [2.45, 2.75) is 0 Å². The lowest BCUT2D eigenvalue weighted by molar-refractivity contribution is 0.103. The van der Waals surface area contributed by atoms with Gasteiger partial charge in [0.2, 0.25) is 17.5 Å². The number of halogens is 1. The van der Waals surface area contributed by atoms with Gasteiger partial charge in [0.05, 0.1) is 23.3 Å². The zero-order valence-corrected chi connectivity index (χ0v) is 12.6. The summed E-state index contributed by atoms with van der Waals surface area (Å²) < 4.78 is 11.0. The van der Waals surface area contributed by atoms with Crippen LogP contribution in [0.4, 0.5) is 0 Å². The molecule has 7 heteroatoms. The zero-order chi connectivity index (χ0) is 13.1. The third kappa shape index (κ3) is 2.61. The number of rotatable bonds is 4. The molecule has 2 heterocycles. The fourth-order valence-corrected chi connectivity index (χ4v) is 2.65. The average Bonchev–Trinajstić information content (AvgIpc) is 2.83. The Bertz CT molecular complexity index is 585. The molecule has 2 rings (SSSR count). The fraction of sp³-hybridized carbons (Fsp3) is 0.182. The second-order valence-electron chi connectivity index (χ2n) is 3.24. The van der Waals surface area contributed by atoms with Crippen LogP contribution in [0.5, 0.6) is 11.8 Å². The third-order valence-electron chi connectivity index (χ3n) is 2.17. The molecule has 18 heavy (non-hydrogen) atoms. The third-order valence-corrected chi connectivity index (χ3v) is 3.95. The van der Waals surface area contributed by atoms with Crippen molar-refractivity contribution in [3.05, 3.63) is 31.8 Å². The summed E-state index contributed by atoms with van der Waals surface area (Å²) in [5.41, 5.74) is 0.773. The van der Waals surface area contributed by atoms with Gasteiger partial charge in [0, 0.05) is 10.9 Å². The largest absolute Gasteiger partial charge is 0.480 e. The van der Waals surface area contributed by atoms with Crippen LogP contribution in [0.2, 0.25) is 0 Å². The molecule has 0 aliphatic rings. The molecule has 0 saturated heterocycles. The van der Waals surface area contributed by atoms with Gasteiger partial charge in [-0.15, -0.1) is 11.3 Å². The summed E-state index contributed by atoms with van der Waals surface area (Å²) in [6.07, 6.45) is 1.40. The fourth-order valence-electron chi connectivity index (χ4n) is 1.32. The Balaban J connectivity index is 2.41. The molecule has 0 aromatic carbocycles. The van der Waals surface area contributed by atoms with Crippen molar-refractivity contribution in [1.29, 1.82) is 0 Å². The molecule has 0 N–H and O–H groups in total. The molecule has 0 unspecified atom stereocenters. The highest BCUT2D eigenvalue weighted by atomic mass is 127. The summed E-state index contributed by atoms with van der Waals surface area (Å²) in [5, 5.41) is 1.79. The van der Waals surface area contributed by atoms with Crippen molar-refractivity contribution >= 4 is 39.7 Å². The molecule has 0 aliphatic heterocycles. The number of hydrogen-bond donors (Lipinski definition) is 0. The molecule has 0 atom stereocenters. The molecule has 0 amide bonds. The van der Waals surface area contributed by atoms with E-state index < -0.39 is 0 Å². The van der Waals surface area contributed by atoms with Crippen molar-refractivity contribution in [3.63, 3.8) is 0 Å². The van der Waals surface area contributed by atoms with Crippen LogP contribution in [0, 0.1) is 2.88 Å². The Morgan fingerprint density at radius 2 is 2.17 bits per heavy atom. The van der Waals surface area contributed by atoms with Gasteiger partial charge in [0.1, 0.15) is 0 Å². The number of hydrogen-bond acceptors (Lipinski definition) is 6. The highest BCUT2D eigenvalue weighted by Crippen LogP contribution is 2.23. The molecule has 5 nitrogen and oxygen atoms in total. The molecule has 0 spiro atoms. The second kappa shape index (κ2) is 5.61. The molecular formula is C11H9IN2O3S. The summed E-state index contributed by atoms with van der Waals surface area (Å²) in [6, 6.07) is 1.80. The first-order valence-corrected chi connectivity index (χ1v) is 6.85. The van der Waals surface area contributed by atoms with E-state index in [2.05, 4.69) is 32.6 Å². The highest BCUT2D eigenvalue weighted by Gasteiger charge is 2.19. The molecular weight excluding hydrogens is 367 g/mol. The van der Waals surface area contributed by atoms with Crippen LogP contribution < -0.4 is 9.47 Å². The van der Waals surface area contributed by atoms with Gasteiger partial charge in [-0.05, 0) is 28.7 Å². The van der Waals surface area contributed by atoms with Gasteiger partial charge in [0.25, 0.3) is 0 Å². The maximum absolute atomic E-state index is 12.2. The van der Waals surface area contributed by atoms with Gasteiger partial charge < -0.3 is 9.47 Å². The van der Waals surface area contributed by atoms with Gasteiger partial charge in [-0.25, -0.2) is 4.98 Å². The van der Waals surface area contributed by atoms with Crippen LogP contribution in [0.1, 0.15) is 16.1 Å². The molecule has 0 saturated carbocycles. The number of ketones is 1. The van der Waals surface area contributed by atoms with Crippen molar-refractivity contribution in [2.24, 2.45) is 0 Å². The van der Waals surface area contributed by atoms with Crippen LogP contribution >= 0.6 is 33.9 Å². The molecule has 2 aromatic heterocycles. The average molecular weight is 376 g/mol. The lowest BCUT2D eigenvalue weighted by Gasteiger charge is -2.06. The number of nitrogens with zero attached hydrogens (tertiary/aromatic N) is 2. The summed E-state index contributed by atoms with van der Waals surface area (Å²) in [4.78, 5) is 20.3. The minimum absolute atomic E-state index is 0.167. The van der Waals surface area contributed by atoms with Gasteiger partial charge in [-0.1, -0.05) is 0 Å². The molecule has 0 aliphatic carbocycles. The van der Waals surface area contributed by atoms with Crippen LogP contribution in [-0.4, -0.2) is 30.0 Å². The quantitative estimate of drug-likeness (QED) is 0.606. The summed E-state index contributed by atoms with van der Waals surface area (Å²) in [6.45, 7) is 0. The normalized spacial score (nSPS) is 10.2. The maximum Gasteiger partial charge on any atom is 0.247 e.